The molecular formula is C19H14F2N4O2. The lowest BCUT2D eigenvalue weighted by Crippen LogP contribution is -2.23. The van der Waals surface area contributed by atoms with E-state index < -0.39 is 11.9 Å². The molecule has 0 aliphatic rings. The van der Waals surface area contributed by atoms with E-state index in [1.54, 1.807) is 6.07 Å². The third kappa shape index (κ3) is 3.22. The van der Waals surface area contributed by atoms with Gasteiger partial charge in [0.25, 0.3) is 5.56 Å². The van der Waals surface area contributed by atoms with Crippen LogP contribution in [0.5, 0.6) is 0 Å². The van der Waals surface area contributed by atoms with Crippen LogP contribution < -0.4 is 5.56 Å². The lowest BCUT2D eigenvalue weighted by molar-refractivity contribution is 0.154. The fraction of sp³-hybridized carbons (Fsp3) is 0.105. The third-order valence-electron chi connectivity index (χ3n) is 4.23. The van der Waals surface area contributed by atoms with Crippen molar-refractivity contribution >= 4 is 11.0 Å². The Labute approximate surface area is 152 Å². The monoisotopic (exact) mass is 368 g/mol. The molecule has 6 nitrogen and oxygen atoms in total. The molecule has 1 N–H and O–H groups in total. The molecule has 0 saturated carbocycles. The van der Waals surface area contributed by atoms with Gasteiger partial charge in [-0.15, -0.1) is 0 Å². The molecule has 27 heavy (non-hydrogen) atoms. The maximum Gasteiger partial charge on any atom is 0.264 e. The first-order valence-electron chi connectivity index (χ1n) is 8.15. The number of aliphatic hydroxyl groups is 1. The molecule has 0 fully saturated rings. The highest BCUT2D eigenvalue weighted by Crippen LogP contribution is 2.17. The molecule has 0 saturated heterocycles. The SMILES string of the molecule is O=c1c2cnn(-c3ccc(F)cc3)c2ncn1C[C@@H](O)c1cccc(F)c1. The molecule has 2 heterocycles. The maximum atomic E-state index is 13.3. The van der Waals surface area contributed by atoms with E-state index in [2.05, 4.69) is 10.1 Å². The molecule has 0 amide bonds. The molecule has 2 aromatic heterocycles. The number of hydrogen-bond acceptors (Lipinski definition) is 4. The molecule has 4 rings (SSSR count). The fourth-order valence-electron chi connectivity index (χ4n) is 2.86. The topological polar surface area (TPSA) is 72.9 Å². The van der Waals surface area contributed by atoms with Gasteiger partial charge in [-0.1, -0.05) is 12.1 Å². The van der Waals surface area contributed by atoms with Crippen LogP contribution in [0.1, 0.15) is 11.7 Å². The normalized spacial score (nSPS) is 12.4. The van der Waals surface area contributed by atoms with Crippen LogP contribution in [0.4, 0.5) is 8.78 Å². The first kappa shape index (κ1) is 17.0. The van der Waals surface area contributed by atoms with E-state index in [1.807, 2.05) is 0 Å². The predicted molar refractivity (Wildman–Crippen MR) is 94.4 cm³/mol. The average Bonchev–Trinajstić information content (AvgIpc) is 3.09. The summed E-state index contributed by atoms with van der Waals surface area (Å²) in [5.41, 5.74) is 0.867. The zero-order valence-corrected chi connectivity index (χ0v) is 14.0. The van der Waals surface area contributed by atoms with Crippen LogP contribution in [0.15, 0.2) is 65.8 Å². The number of fused-ring (bicyclic) bond motifs is 1. The average molecular weight is 368 g/mol. The second kappa shape index (κ2) is 6.73. The van der Waals surface area contributed by atoms with E-state index in [1.165, 1.54) is 64.2 Å². The van der Waals surface area contributed by atoms with Crippen molar-refractivity contribution in [3.63, 3.8) is 0 Å². The van der Waals surface area contributed by atoms with E-state index in [-0.39, 0.29) is 23.3 Å². The minimum atomic E-state index is -1.07. The summed E-state index contributed by atoms with van der Waals surface area (Å²) in [6.07, 6.45) is 1.61. The number of hydrogen-bond donors (Lipinski definition) is 1. The zero-order valence-electron chi connectivity index (χ0n) is 14.0. The van der Waals surface area contributed by atoms with Crippen molar-refractivity contribution in [3.05, 3.63) is 88.6 Å². The van der Waals surface area contributed by atoms with Gasteiger partial charge in [0.05, 0.1) is 24.5 Å². The number of aromatic nitrogens is 4. The van der Waals surface area contributed by atoms with Gasteiger partial charge in [0, 0.05) is 0 Å². The summed E-state index contributed by atoms with van der Waals surface area (Å²) in [5.74, 6) is -0.843. The van der Waals surface area contributed by atoms with Crippen LogP contribution in [-0.2, 0) is 6.54 Å². The zero-order chi connectivity index (χ0) is 19.0. The molecule has 0 unspecified atom stereocenters. The van der Waals surface area contributed by atoms with Gasteiger partial charge in [-0.3, -0.25) is 9.36 Å². The smallest absolute Gasteiger partial charge is 0.264 e. The largest absolute Gasteiger partial charge is 0.387 e. The predicted octanol–water partition coefficient (Wildman–Crippen LogP) is 2.59. The number of benzene rings is 2. The quantitative estimate of drug-likeness (QED) is 0.601. The lowest BCUT2D eigenvalue weighted by Gasteiger charge is -2.13. The van der Waals surface area contributed by atoms with Crippen molar-refractivity contribution < 1.29 is 13.9 Å². The lowest BCUT2D eigenvalue weighted by atomic mass is 10.1. The van der Waals surface area contributed by atoms with Crippen molar-refractivity contribution in [2.24, 2.45) is 0 Å². The molecule has 0 spiro atoms. The minimum absolute atomic E-state index is 0.0764. The molecule has 4 aromatic rings. The summed E-state index contributed by atoms with van der Waals surface area (Å²) in [5, 5.41) is 14.7. The first-order valence-corrected chi connectivity index (χ1v) is 8.15. The Morgan fingerprint density at radius 3 is 2.59 bits per heavy atom. The van der Waals surface area contributed by atoms with E-state index in [4.69, 9.17) is 0 Å². The summed E-state index contributed by atoms with van der Waals surface area (Å²) in [6.45, 7) is -0.0764. The highest BCUT2D eigenvalue weighted by Gasteiger charge is 2.15. The number of aliphatic hydroxyl groups excluding tert-OH is 1. The van der Waals surface area contributed by atoms with Crippen LogP contribution in [0.25, 0.3) is 16.7 Å². The van der Waals surface area contributed by atoms with Gasteiger partial charge in [-0.05, 0) is 42.0 Å². The number of rotatable bonds is 4. The van der Waals surface area contributed by atoms with Gasteiger partial charge < -0.3 is 5.11 Å². The molecule has 0 radical (unpaired) electrons. The van der Waals surface area contributed by atoms with E-state index in [0.29, 0.717) is 16.9 Å². The Bertz CT molecular complexity index is 1170. The molecule has 1 atom stereocenters. The van der Waals surface area contributed by atoms with E-state index >= 15 is 0 Å². The van der Waals surface area contributed by atoms with Crippen LogP contribution in [0.2, 0.25) is 0 Å². The molecular weight excluding hydrogens is 354 g/mol. The van der Waals surface area contributed by atoms with Crippen molar-refractivity contribution in [1.82, 2.24) is 19.3 Å². The Morgan fingerprint density at radius 2 is 1.85 bits per heavy atom. The molecule has 0 aliphatic carbocycles. The Balaban J connectivity index is 1.69. The summed E-state index contributed by atoms with van der Waals surface area (Å²) in [6, 6.07) is 11.2. The molecule has 8 heteroatoms. The van der Waals surface area contributed by atoms with E-state index in [0.717, 1.165) is 0 Å². The van der Waals surface area contributed by atoms with Crippen LogP contribution in [-0.4, -0.2) is 24.4 Å². The summed E-state index contributed by atoms with van der Waals surface area (Å²) < 4.78 is 29.1. The Kier molecular flexibility index (Phi) is 4.25. The Morgan fingerprint density at radius 1 is 1.07 bits per heavy atom. The van der Waals surface area contributed by atoms with Crippen molar-refractivity contribution in [2.75, 3.05) is 0 Å². The fourth-order valence-corrected chi connectivity index (χ4v) is 2.86. The van der Waals surface area contributed by atoms with Crippen LogP contribution in [0, 0.1) is 11.6 Å². The third-order valence-corrected chi connectivity index (χ3v) is 4.23. The molecule has 136 valence electrons. The van der Waals surface area contributed by atoms with Crippen LogP contribution >= 0.6 is 0 Å². The van der Waals surface area contributed by atoms with Gasteiger partial charge in [0.1, 0.15) is 23.3 Å². The van der Waals surface area contributed by atoms with Crippen molar-refractivity contribution in [2.45, 2.75) is 12.6 Å². The number of nitrogens with zero attached hydrogens (tertiary/aromatic N) is 4. The highest BCUT2D eigenvalue weighted by molar-refractivity contribution is 5.74. The first-order chi connectivity index (χ1) is 13.0. The van der Waals surface area contributed by atoms with Crippen molar-refractivity contribution in [3.8, 4) is 5.69 Å². The highest BCUT2D eigenvalue weighted by atomic mass is 19.1. The second-order valence-electron chi connectivity index (χ2n) is 6.04. The van der Waals surface area contributed by atoms with Gasteiger partial charge in [-0.2, -0.15) is 5.10 Å². The van der Waals surface area contributed by atoms with Gasteiger partial charge >= 0.3 is 0 Å². The molecule has 0 bridgehead atoms. The van der Waals surface area contributed by atoms with Gasteiger partial charge in [0.2, 0.25) is 0 Å². The van der Waals surface area contributed by atoms with E-state index in [9.17, 15) is 18.7 Å². The summed E-state index contributed by atoms with van der Waals surface area (Å²) in [4.78, 5) is 16.9. The standard InChI is InChI=1S/C19H14F2N4O2/c20-13-4-6-15(7-5-13)25-18-16(9-23-25)19(27)24(11-22-18)10-17(26)12-2-1-3-14(21)8-12/h1-9,11,17,26H,10H2/t17-/m1/s1. The van der Waals surface area contributed by atoms with Crippen molar-refractivity contribution in [1.29, 1.82) is 0 Å². The summed E-state index contributed by atoms with van der Waals surface area (Å²) in [7, 11) is 0. The second-order valence-corrected chi connectivity index (χ2v) is 6.04. The minimum Gasteiger partial charge on any atom is -0.387 e. The van der Waals surface area contributed by atoms with Crippen LogP contribution in [0.3, 0.4) is 0 Å². The molecule has 2 aromatic carbocycles. The molecule has 0 aliphatic heterocycles. The van der Waals surface area contributed by atoms with Gasteiger partial charge in [-0.25, -0.2) is 18.4 Å². The maximum absolute atomic E-state index is 13.3. The number of halogens is 2. The summed E-state index contributed by atoms with van der Waals surface area (Å²) >= 11 is 0. The Hall–Kier alpha value is -3.39. The van der Waals surface area contributed by atoms with Gasteiger partial charge in [0.15, 0.2) is 5.65 Å².